The van der Waals surface area contributed by atoms with Crippen molar-refractivity contribution in [2.24, 2.45) is 5.10 Å². The molecule has 0 radical (unpaired) electrons. The normalized spacial score (nSPS) is 10.8. The van der Waals surface area contributed by atoms with Crippen molar-refractivity contribution in [1.82, 2.24) is 5.43 Å². The molecule has 5 nitrogen and oxygen atoms in total. The van der Waals surface area contributed by atoms with Gasteiger partial charge < -0.3 is 9.84 Å². The van der Waals surface area contributed by atoms with Gasteiger partial charge in [-0.1, -0.05) is 34.8 Å². The van der Waals surface area contributed by atoms with E-state index in [1.54, 1.807) is 18.2 Å². The van der Waals surface area contributed by atoms with Crippen LogP contribution >= 0.6 is 34.8 Å². The van der Waals surface area contributed by atoms with Crippen molar-refractivity contribution in [3.05, 3.63) is 56.5 Å². The highest BCUT2D eigenvalue weighted by atomic mass is 35.5. The maximum atomic E-state index is 11.7. The van der Waals surface area contributed by atoms with Crippen molar-refractivity contribution < 1.29 is 14.6 Å². The molecule has 0 heterocycles. The minimum absolute atomic E-state index is 0.0942. The van der Waals surface area contributed by atoms with E-state index in [1.807, 2.05) is 6.92 Å². The van der Waals surface area contributed by atoms with Gasteiger partial charge in [-0.05, 0) is 42.8 Å². The van der Waals surface area contributed by atoms with Crippen LogP contribution < -0.4 is 10.2 Å². The van der Waals surface area contributed by atoms with E-state index in [4.69, 9.17) is 39.5 Å². The third kappa shape index (κ3) is 5.03. The lowest BCUT2D eigenvalue weighted by Gasteiger charge is -2.06. The molecule has 0 aliphatic carbocycles. The van der Waals surface area contributed by atoms with E-state index in [-0.39, 0.29) is 22.9 Å². The summed E-state index contributed by atoms with van der Waals surface area (Å²) in [6.07, 6.45) is 1.23. The molecule has 0 bridgehead atoms. The van der Waals surface area contributed by atoms with Crippen LogP contribution in [0.1, 0.15) is 11.1 Å². The largest absolute Gasteiger partial charge is 0.506 e. The predicted octanol–water partition coefficient (Wildman–Crippen LogP) is 4.19. The van der Waals surface area contributed by atoms with Gasteiger partial charge in [-0.2, -0.15) is 5.10 Å². The van der Waals surface area contributed by atoms with E-state index in [0.29, 0.717) is 15.8 Å². The number of amides is 1. The molecule has 24 heavy (non-hydrogen) atoms. The number of aryl methyl sites for hydroxylation is 1. The highest BCUT2D eigenvalue weighted by Gasteiger charge is 2.07. The number of phenolic OH excluding ortho intramolecular Hbond substituents is 1. The Hall–Kier alpha value is -1.95. The van der Waals surface area contributed by atoms with Crippen LogP contribution in [0.5, 0.6) is 11.5 Å². The number of hydrogen-bond donors (Lipinski definition) is 2. The highest BCUT2D eigenvalue weighted by molar-refractivity contribution is 6.36. The Morgan fingerprint density at radius 3 is 2.71 bits per heavy atom. The monoisotopic (exact) mass is 386 g/mol. The molecular formula is C16H13Cl3N2O3. The number of carbonyl (C=O) groups is 1. The summed E-state index contributed by atoms with van der Waals surface area (Å²) in [7, 11) is 0. The Kier molecular flexibility index (Phi) is 6.31. The Morgan fingerprint density at radius 2 is 2.00 bits per heavy atom. The summed E-state index contributed by atoms with van der Waals surface area (Å²) in [5.41, 5.74) is 3.40. The molecule has 0 saturated heterocycles. The van der Waals surface area contributed by atoms with E-state index in [9.17, 15) is 9.90 Å². The number of hydrogen-bond acceptors (Lipinski definition) is 4. The summed E-state index contributed by atoms with van der Waals surface area (Å²) >= 11 is 17.5. The number of aromatic hydroxyl groups is 1. The molecule has 2 rings (SSSR count). The molecule has 0 aliphatic rings. The minimum atomic E-state index is -0.466. The second kappa shape index (κ2) is 8.24. The predicted molar refractivity (Wildman–Crippen MR) is 95.5 cm³/mol. The third-order valence-electron chi connectivity index (χ3n) is 2.95. The fourth-order valence-electron chi connectivity index (χ4n) is 1.75. The summed E-state index contributed by atoms with van der Waals surface area (Å²) in [5, 5.41) is 14.5. The Labute approximate surface area is 153 Å². The average molecular weight is 388 g/mol. The molecular weight excluding hydrogens is 375 g/mol. The zero-order valence-corrected chi connectivity index (χ0v) is 14.8. The zero-order valence-electron chi connectivity index (χ0n) is 12.5. The molecule has 0 saturated carbocycles. The maximum absolute atomic E-state index is 11.7. The molecule has 0 fully saturated rings. The van der Waals surface area contributed by atoms with Gasteiger partial charge >= 0.3 is 0 Å². The fourth-order valence-corrected chi connectivity index (χ4v) is 2.37. The van der Waals surface area contributed by atoms with Crippen LogP contribution in [0.15, 0.2) is 35.4 Å². The lowest BCUT2D eigenvalue weighted by Crippen LogP contribution is -2.24. The van der Waals surface area contributed by atoms with Crippen molar-refractivity contribution in [3.63, 3.8) is 0 Å². The second-order valence-electron chi connectivity index (χ2n) is 4.82. The average Bonchev–Trinajstić information content (AvgIpc) is 2.53. The fraction of sp³-hybridized carbons (Fsp3) is 0.125. The standard InChI is InChI=1S/C16H13Cl3N2O3/c1-9-4-12(2-3-13(9)18)24-8-15(22)21-20-7-10-5-11(17)6-14(19)16(10)23/h2-7,23H,8H2,1H3,(H,21,22). The summed E-state index contributed by atoms with van der Waals surface area (Å²) in [6.45, 7) is 1.61. The number of nitrogens with zero attached hydrogens (tertiary/aromatic N) is 1. The minimum Gasteiger partial charge on any atom is -0.506 e. The number of ether oxygens (including phenoxy) is 1. The van der Waals surface area contributed by atoms with E-state index >= 15 is 0 Å². The van der Waals surface area contributed by atoms with Crippen molar-refractivity contribution >= 4 is 46.9 Å². The first kappa shape index (κ1) is 18.4. The quantitative estimate of drug-likeness (QED) is 0.597. The van der Waals surface area contributed by atoms with Crippen molar-refractivity contribution in [2.75, 3.05) is 6.61 Å². The van der Waals surface area contributed by atoms with Gasteiger partial charge in [-0.15, -0.1) is 0 Å². The van der Waals surface area contributed by atoms with Crippen LogP contribution in [-0.4, -0.2) is 23.8 Å². The molecule has 0 spiro atoms. The summed E-state index contributed by atoms with van der Waals surface area (Å²) in [6, 6.07) is 7.94. The molecule has 0 aliphatic heterocycles. The summed E-state index contributed by atoms with van der Waals surface area (Å²) in [4.78, 5) is 11.7. The van der Waals surface area contributed by atoms with Crippen LogP contribution in [-0.2, 0) is 4.79 Å². The summed E-state index contributed by atoms with van der Waals surface area (Å²) in [5.74, 6) is -0.117. The van der Waals surface area contributed by atoms with Gasteiger partial charge in [-0.3, -0.25) is 4.79 Å². The number of benzene rings is 2. The van der Waals surface area contributed by atoms with E-state index in [2.05, 4.69) is 10.5 Å². The van der Waals surface area contributed by atoms with Crippen LogP contribution in [0.25, 0.3) is 0 Å². The van der Waals surface area contributed by atoms with Gasteiger partial charge in [-0.25, -0.2) is 5.43 Å². The van der Waals surface area contributed by atoms with Crippen LogP contribution in [0.4, 0.5) is 0 Å². The molecule has 1 amide bonds. The first-order valence-corrected chi connectivity index (χ1v) is 7.89. The zero-order chi connectivity index (χ0) is 17.7. The summed E-state index contributed by atoms with van der Waals surface area (Å²) < 4.78 is 5.33. The van der Waals surface area contributed by atoms with Crippen LogP contribution in [0.2, 0.25) is 15.1 Å². The maximum Gasteiger partial charge on any atom is 0.277 e. The van der Waals surface area contributed by atoms with Gasteiger partial charge in [0.2, 0.25) is 0 Å². The highest BCUT2D eigenvalue weighted by Crippen LogP contribution is 2.29. The molecule has 0 unspecified atom stereocenters. The van der Waals surface area contributed by atoms with Crippen LogP contribution in [0.3, 0.4) is 0 Å². The lowest BCUT2D eigenvalue weighted by atomic mass is 10.2. The SMILES string of the molecule is Cc1cc(OCC(=O)NN=Cc2cc(Cl)cc(Cl)c2O)ccc1Cl. The number of rotatable bonds is 5. The number of carbonyl (C=O) groups excluding carboxylic acids is 1. The Morgan fingerprint density at radius 1 is 1.25 bits per heavy atom. The first-order valence-electron chi connectivity index (χ1n) is 6.75. The topological polar surface area (TPSA) is 70.9 Å². The first-order chi connectivity index (χ1) is 11.4. The number of halogens is 3. The van der Waals surface area contributed by atoms with Gasteiger partial charge in [0.1, 0.15) is 11.5 Å². The van der Waals surface area contributed by atoms with Gasteiger partial charge in [0, 0.05) is 15.6 Å². The van der Waals surface area contributed by atoms with Gasteiger partial charge in [0.15, 0.2) is 6.61 Å². The molecule has 8 heteroatoms. The van der Waals surface area contributed by atoms with Crippen molar-refractivity contribution in [2.45, 2.75) is 6.92 Å². The van der Waals surface area contributed by atoms with Crippen molar-refractivity contribution in [3.8, 4) is 11.5 Å². The molecule has 2 aromatic rings. The van der Waals surface area contributed by atoms with Crippen molar-refractivity contribution in [1.29, 1.82) is 0 Å². The number of nitrogens with one attached hydrogen (secondary N) is 1. The van der Waals surface area contributed by atoms with E-state index in [1.165, 1.54) is 18.3 Å². The smallest absolute Gasteiger partial charge is 0.277 e. The number of phenols is 1. The lowest BCUT2D eigenvalue weighted by molar-refractivity contribution is -0.123. The molecule has 0 atom stereocenters. The van der Waals surface area contributed by atoms with E-state index in [0.717, 1.165) is 5.56 Å². The van der Waals surface area contributed by atoms with Gasteiger partial charge in [0.05, 0.1) is 11.2 Å². The molecule has 0 aromatic heterocycles. The molecule has 2 aromatic carbocycles. The van der Waals surface area contributed by atoms with Gasteiger partial charge in [0.25, 0.3) is 5.91 Å². The Balaban J connectivity index is 1.90. The number of hydrazone groups is 1. The third-order valence-corrected chi connectivity index (χ3v) is 3.88. The molecule has 2 N–H and O–H groups in total. The van der Waals surface area contributed by atoms with E-state index < -0.39 is 5.91 Å². The molecule has 126 valence electrons. The second-order valence-corrected chi connectivity index (χ2v) is 6.07. The Bertz CT molecular complexity index is 794. The van der Waals surface area contributed by atoms with Crippen LogP contribution in [0, 0.1) is 6.92 Å².